The predicted octanol–water partition coefficient (Wildman–Crippen LogP) is 5.05. The standard InChI is InChI=1S/C25H23ClN2O2S/c26-19-12-10-18(11-13-19)16-28-24-22(20-8-4-5-9-21(20)31-24)23(29)27(25(28)30)15-14-17-6-2-1-3-7-17/h1-3,6-7,10-13H,4-5,8-9,14-16H2. The van der Waals surface area contributed by atoms with Gasteiger partial charge in [-0.05, 0) is 60.9 Å². The average molecular weight is 451 g/mol. The fourth-order valence-corrected chi connectivity index (χ4v) is 5.91. The number of thiophene rings is 1. The molecule has 1 aliphatic rings. The number of hydrogen-bond acceptors (Lipinski definition) is 3. The van der Waals surface area contributed by atoms with Gasteiger partial charge in [-0.3, -0.25) is 13.9 Å². The van der Waals surface area contributed by atoms with Crippen LogP contribution in [0.5, 0.6) is 0 Å². The molecule has 0 bridgehead atoms. The molecule has 158 valence electrons. The molecule has 0 radical (unpaired) electrons. The van der Waals surface area contributed by atoms with Crippen molar-refractivity contribution in [1.29, 1.82) is 0 Å². The van der Waals surface area contributed by atoms with Crippen LogP contribution in [0.1, 0.15) is 34.4 Å². The van der Waals surface area contributed by atoms with Crippen LogP contribution in [0.3, 0.4) is 0 Å². The molecule has 0 spiro atoms. The van der Waals surface area contributed by atoms with Crippen molar-refractivity contribution in [1.82, 2.24) is 9.13 Å². The van der Waals surface area contributed by atoms with Crippen LogP contribution in [-0.2, 0) is 32.4 Å². The van der Waals surface area contributed by atoms with E-state index < -0.39 is 0 Å². The minimum absolute atomic E-state index is 0.136. The second-order valence-electron chi connectivity index (χ2n) is 8.08. The number of rotatable bonds is 5. The molecule has 0 amide bonds. The molecule has 2 aromatic carbocycles. The molecule has 5 rings (SSSR count). The maximum Gasteiger partial charge on any atom is 0.332 e. The average Bonchev–Trinajstić information content (AvgIpc) is 3.18. The van der Waals surface area contributed by atoms with Gasteiger partial charge in [0, 0.05) is 16.4 Å². The first kappa shape index (κ1) is 20.3. The topological polar surface area (TPSA) is 44.0 Å². The highest BCUT2D eigenvalue weighted by molar-refractivity contribution is 7.18. The Balaban J connectivity index is 1.66. The third-order valence-electron chi connectivity index (χ3n) is 6.04. The van der Waals surface area contributed by atoms with Crippen molar-refractivity contribution in [3.8, 4) is 0 Å². The Morgan fingerprint density at radius 1 is 0.871 bits per heavy atom. The van der Waals surface area contributed by atoms with Gasteiger partial charge in [0.1, 0.15) is 4.83 Å². The molecule has 0 atom stereocenters. The molecule has 0 aliphatic heterocycles. The summed E-state index contributed by atoms with van der Waals surface area (Å²) in [4.78, 5) is 29.1. The first-order valence-electron chi connectivity index (χ1n) is 10.7. The molecular formula is C25H23ClN2O2S. The van der Waals surface area contributed by atoms with Crippen LogP contribution in [0.2, 0.25) is 5.02 Å². The minimum Gasteiger partial charge on any atom is -0.280 e. The van der Waals surface area contributed by atoms with Crippen LogP contribution in [-0.4, -0.2) is 9.13 Å². The maximum atomic E-state index is 13.5. The molecule has 0 saturated carbocycles. The number of fused-ring (bicyclic) bond motifs is 3. The van der Waals surface area contributed by atoms with Gasteiger partial charge in [-0.2, -0.15) is 0 Å². The number of aryl methyl sites for hydroxylation is 3. The zero-order valence-electron chi connectivity index (χ0n) is 17.1. The second kappa shape index (κ2) is 8.48. The highest BCUT2D eigenvalue weighted by Gasteiger charge is 2.23. The summed E-state index contributed by atoms with van der Waals surface area (Å²) >= 11 is 7.67. The summed E-state index contributed by atoms with van der Waals surface area (Å²) in [5.74, 6) is 0. The van der Waals surface area contributed by atoms with Gasteiger partial charge in [0.2, 0.25) is 0 Å². The Hall–Kier alpha value is -2.63. The van der Waals surface area contributed by atoms with Crippen LogP contribution in [0.25, 0.3) is 10.2 Å². The lowest BCUT2D eigenvalue weighted by Gasteiger charge is -2.14. The normalized spacial score (nSPS) is 13.5. The molecule has 2 aromatic heterocycles. The zero-order valence-corrected chi connectivity index (χ0v) is 18.7. The molecule has 6 heteroatoms. The highest BCUT2D eigenvalue weighted by atomic mass is 35.5. The van der Waals surface area contributed by atoms with Gasteiger partial charge in [-0.1, -0.05) is 54.1 Å². The summed E-state index contributed by atoms with van der Waals surface area (Å²) in [6.45, 7) is 0.806. The maximum absolute atomic E-state index is 13.5. The van der Waals surface area contributed by atoms with Gasteiger partial charge < -0.3 is 0 Å². The summed E-state index contributed by atoms with van der Waals surface area (Å²) in [6.07, 6.45) is 4.80. The molecule has 4 nitrogen and oxygen atoms in total. The molecule has 0 N–H and O–H groups in total. The molecule has 31 heavy (non-hydrogen) atoms. The SMILES string of the molecule is O=c1c2c3c(sc2n(Cc2ccc(Cl)cc2)c(=O)n1CCc1ccccc1)CCCC3. The number of hydrogen-bond donors (Lipinski definition) is 0. The van der Waals surface area contributed by atoms with Crippen molar-refractivity contribution in [3.05, 3.63) is 102 Å². The first-order valence-corrected chi connectivity index (χ1v) is 11.9. The fraction of sp³-hybridized carbons (Fsp3) is 0.280. The Bertz CT molecular complexity index is 1350. The Morgan fingerprint density at radius 2 is 1.61 bits per heavy atom. The third-order valence-corrected chi connectivity index (χ3v) is 7.61. The Kier molecular flexibility index (Phi) is 5.55. The van der Waals surface area contributed by atoms with Crippen LogP contribution >= 0.6 is 22.9 Å². The molecule has 0 fully saturated rings. The molecular weight excluding hydrogens is 428 g/mol. The Labute approximate surface area is 189 Å². The molecule has 1 aliphatic carbocycles. The van der Waals surface area contributed by atoms with E-state index in [1.807, 2.05) is 54.6 Å². The van der Waals surface area contributed by atoms with E-state index >= 15 is 0 Å². The minimum atomic E-state index is -0.234. The number of nitrogens with zero attached hydrogens (tertiary/aromatic N) is 2. The van der Waals surface area contributed by atoms with Crippen molar-refractivity contribution >= 4 is 33.2 Å². The summed E-state index contributed by atoms with van der Waals surface area (Å²) in [7, 11) is 0. The largest absolute Gasteiger partial charge is 0.332 e. The zero-order chi connectivity index (χ0) is 21.4. The van der Waals surface area contributed by atoms with Gasteiger partial charge >= 0.3 is 5.69 Å². The number of aromatic nitrogens is 2. The van der Waals surface area contributed by atoms with Crippen molar-refractivity contribution < 1.29 is 0 Å². The molecule has 4 aromatic rings. The lowest BCUT2D eigenvalue weighted by molar-refractivity contribution is 0.590. The monoisotopic (exact) mass is 450 g/mol. The first-order chi connectivity index (χ1) is 15.1. The lowest BCUT2D eigenvalue weighted by Crippen LogP contribution is -2.40. The highest BCUT2D eigenvalue weighted by Crippen LogP contribution is 2.34. The predicted molar refractivity (Wildman–Crippen MR) is 128 cm³/mol. The van der Waals surface area contributed by atoms with Crippen LogP contribution < -0.4 is 11.2 Å². The van der Waals surface area contributed by atoms with Crippen LogP contribution in [0.4, 0.5) is 0 Å². The Morgan fingerprint density at radius 3 is 2.39 bits per heavy atom. The van der Waals surface area contributed by atoms with E-state index in [2.05, 4.69) is 0 Å². The van der Waals surface area contributed by atoms with E-state index in [4.69, 9.17) is 11.6 Å². The van der Waals surface area contributed by atoms with E-state index in [-0.39, 0.29) is 11.2 Å². The quantitative estimate of drug-likeness (QED) is 0.427. The van der Waals surface area contributed by atoms with Gasteiger partial charge in [0.05, 0.1) is 11.9 Å². The van der Waals surface area contributed by atoms with Crippen molar-refractivity contribution in [2.45, 2.75) is 45.2 Å². The van der Waals surface area contributed by atoms with Gasteiger partial charge in [0.25, 0.3) is 5.56 Å². The molecule has 0 saturated heterocycles. The lowest BCUT2D eigenvalue weighted by atomic mass is 9.97. The number of benzene rings is 2. The van der Waals surface area contributed by atoms with Crippen molar-refractivity contribution in [2.24, 2.45) is 0 Å². The second-order valence-corrected chi connectivity index (χ2v) is 9.60. The van der Waals surface area contributed by atoms with Gasteiger partial charge in [-0.25, -0.2) is 4.79 Å². The molecule has 0 unspecified atom stereocenters. The summed E-state index contributed by atoms with van der Waals surface area (Å²) < 4.78 is 3.22. The van der Waals surface area contributed by atoms with Crippen LogP contribution in [0.15, 0.2) is 64.2 Å². The van der Waals surface area contributed by atoms with E-state index in [1.165, 1.54) is 9.44 Å². The van der Waals surface area contributed by atoms with Crippen molar-refractivity contribution in [2.75, 3.05) is 0 Å². The van der Waals surface area contributed by atoms with E-state index in [0.717, 1.165) is 52.6 Å². The smallest absolute Gasteiger partial charge is 0.280 e. The fourth-order valence-electron chi connectivity index (χ4n) is 4.41. The molecule has 2 heterocycles. The summed E-state index contributed by atoms with van der Waals surface area (Å²) in [5, 5.41) is 1.42. The number of halogens is 1. The third kappa shape index (κ3) is 3.88. The summed E-state index contributed by atoms with van der Waals surface area (Å²) in [5.41, 5.74) is 2.90. The van der Waals surface area contributed by atoms with Gasteiger partial charge in [0.15, 0.2) is 0 Å². The summed E-state index contributed by atoms with van der Waals surface area (Å²) in [6, 6.07) is 17.5. The van der Waals surface area contributed by atoms with Crippen molar-refractivity contribution in [3.63, 3.8) is 0 Å². The van der Waals surface area contributed by atoms with Gasteiger partial charge in [-0.15, -0.1) is 11.3 Å². The van der Waals surface area contributed by atoms with E-state index in [1.54, 1.807) is 15.9 Å². The van der Waals surface area contributed by atoms with E-state index in [9.17, 15) is 9.59 Å². The van der Waals surface area contributed by atoms with E-state index in [0.29, 0.717) is 24.5 Å². The van der Waals surface area contributed by atoms with Crippen LogP contribution in [0, 0.1) is 0 Å².